The second-order valence-electron chi connectivity index (χ2n) is 6.65. The Hall–Kier alpha value is -3.26. The van der Waals surface area contributed by atoms with E-state index in [2.05, 4.69) is 20.9 Å². The van der Waals surface area contributed by atoms with Crippen molar-refractivity contribution in [1.82, 2.24) is 15.6 Å². The quantitative estimate of drug-likeness (QED) is 0.561. The van der Waals surface area contributed by atoms with E-state index in [0.717, 1.165) is 5.56 Å². The van der Waals surface area contributed by atoms with Crippen LogP contribution in [0.3, 0.4) is 0 Å². The third-order valence-electron chi connectivity index (χ3n) is 3.93. The number of nitrogens with zero attached hydrogens (tertiary/aromatic N) is 1. The predicted octanol–water partition coefficient (Wildman–Crippen LogP) is 4.41. The van der Waals surface area contributed by atoms with Gasteiger partial charge in [-0.05, 0) is 43.7 Å². The summed E-state index contributed by atoms with van der Waals surface area (Å²) < 4.78 is 13.9. The van der Waals surface area contributed by atoms with Crippen LogP contribution in [0.4, 0.5) is 14.9 Å². The SMILES string of the molecule is CC(C)NC(=O)Nc1ccc(CNC(=O)c2csc(-c3ccccc3F)n2)cc1. The van der Waals surface area contributed by atoms with Crippen molar-refractivity contribution in [1.29, 1.82) is 0 Å². The molecule has 3 aromatic rings. The van der Waals surface area contributed by atoms with Crippen LogP contribution < -0.4 is 16.0 Å². The monoisotopic (exact) mass is 412 g/mol. The molecular formula is C21H21FN4O2S. The molecule has 6 nitrogen and oxygen atoms in total. The average molecular weight is 412 g/mol. The summed E-state index contributed by atoms with van der Waals surface area (Å²) in [6.07, 6.45) is 0. The number of benzene rings is 2. The summed E-state index contributed by atoms with van der Waals surface area (Å²) in [6, 6.07) is 13.3. The van der Waals surface area contributed by atoms with Crippen LogP contribution in [-0.4, -0.2) is 23.0 Å². The Morgan fingerprint density at radius 1 is 1.10 bits per heavy atom. The molecule has 0 saturated heterocycles. The summed E-state index contributed by atoms with van der Waals surface area (Å²) in [6.45, 7) is 4.07. The van der Waals surface area contributed by atoms with E-state index in [1.54, 1.807) is 35.7 Å². The van der Waals surface area contributed by atoms with Crippen LogP contribution in [-0.2, 0) is 6.54 Å². The van der Waals surface area contributed by atoms with Crippen molar-refractivity contribution in [3.8, 4) is 10.6 Å². The van der Waals surface area contributed by atoms with Gasteiger partial charge in [0.1, 0.15) is 16.5 Å². The first kappa shape index (κ1) is 20.5. The Balaban J connectivity index is 1.56. The van der Waals surface area contributed by atoms with Crippen LogP contribution in [0.15, 0.2) is 53.9 Å². The number of carbonyl (C=O) groups is 2. The maximum Gasteiger partial charge on any atom is 0.319 e. The summed E-state index contributed by atoms with van der Waals surface area (Å²) >= 11 is 1.22. The molecule has 150 valence electrons. The number of urea groups is 1. The molecule has 29 heavy (non-hydrogen) atoms. The lowest BCUT2D eigenvalue weighted by molar-refractivity contribution is 0.0946. The zero-order chi connectivity index (χ0) is 20.8. The van der Waals surface area contributed by atoms with E-state index in [1.807, 2.05) is 26.0 Å². The highest BCUT2D eigenvalue weighted by Gasteiger charge is 2.14. The Morgan fingerprint density at radius 2 is 1.83 bits per heavy atom. The van der Waals surface area contributed by atoms with Gasteiger partial charge in [-0.2, -0.15) is 0 Å². The molecule has 0 aliphatic rings. The molecule has 0 bridgehead atoms. The summed E-state index contributed by atoms with van der Waals surface area (Å²) in [5.41, 5.74) is 2.16. The number of hydrogen-bond donors (Lipinski definition) is 3. The first-order valence-corrected chi connectivity index (χ1v) is 9.95. The fraction of sp³-hybridized carbons (Fsp3) is 0.190. The van der Waals surface area contributed by atoms with E-state index < -0.39 is 0 Å². The lowest BCUT2D eigenvalue weighted by Crippen LogP contribution is -2.34. The highest BCUT2D eigenvalue weighted by atomic mass is 32.1. The van der Waals surface area contributed by atoms with E-state index in [9.17, 15) is 14.0 Å². The van der Waals surface area contributed by atoms with E-state index in [1.165, 1.54) is 17.4 Å². The van der Waals surface area contributed by atoms with Crippen LogP contribution in [0, 0.1) is 5.82 Å². The number of amides is 3. The van der Waals surface area contributed by atoms with Gasteiger partial charge in [0.25, 0.3) is 5.91 Å². The molecule has 2 aromatic carbocycles. The number of carbonyl (C=O) groups excluding carboxylic acids is 2. The molecule has 0 spiro atoms. The van der Waals surface area contributed by atoms with Gasteiger partial charge in [0.05, 0.1) is 0 Å². The van der Waals surface area contributed by atoms with E-state index >= 15 is 0 Å². The van der Waals surface area contributed by atoms with Crippen molar-refractivity contribution in [3.05, 3.63) is 71.0 Å². The molecule has 0 atom stereocenters. The molecule has 3 rings (SSSR count). The largest absolute Gasteiger partial charge is 0.347 e. The van der Waals surface area contributed by atoms with Crippen LogP contribution in [0.2, 0.25) is 0 Å². The van der Waals surface area contributed by atoms with Crippen molar-refractivity contribution < 1.29 is 14.0 Å². The van der Waals surface area contributed by atoms with Crippen LogP contribution in [0.25, 0.3) is 10.6 Å². The first-order chi connectivity index (χ1) is 13.9. The number of rotatable bonds is 6. The van der Waals surface area contributed by atoms with Crippen LogP contribution in [0.5, 0.6) is 0 Å². The normalized spacial score (nSPS) is 10.6. The lowest BCUT2D eigenvalue weighted by Gasteiger charge is -2.10. The van der Waals surface area contributed by atoms with E-state index in [-0.39, 0.29) is 29.5 Å². The minimum atomic E-state index is -0.371. The predicted molar refractivity (Wildman–Crippen MR) is 112 cm³/mol. The van der Waals surface area contributed by atoms with Gasteiger partial charge in [-0.25, -0.2) is 14.2 Å². The van der Waals surface area contributed by atoms with Gasteiger partial charge in [-0.3, -0.25) is 4.79 Å². The fourth-order valence-corrected chi connectivity index (χ4v) is 3.37. The van der Waals surface area contributed by atoms with E-state index in [4.69, 9.17) is 0 Å². The minimum absolute atomic E-state index is 0.0501. The number of thiazole rings is 1. The minimum Gasteiger partial charge on any atom is -0.347 e. The second kappa shape index (κ2) is 9.29. The number of aromatic nitrogens is 1. The third-order valence-corrected chi connectivity index (χ3v) is 4.80. The Labute approximate surface area is 172 Å². The smallest absolute Gasteiger partial charge is 0.319 e. The molecule has 0 aliphatic heterocycles. The van der Waals surface area contributed by atoms with Crippen molar-refractivity contribution in [3.63, 3.8) is 0 Å². The molecule has 1 aromatic heterocycles. The topological polar surface area (TPSA) is 83.1 Å². The first-order valence-electron chi connectivity index (χ1n) is 9.07. The Bertz CT molecular complexity index is 1000. The van der Waals surface area contributed by atoms with Gasteiger partial charge in [0.15, 0.2) is 0 Å². The van der Waals surface area contributed by atoms with Crippen molar-refractivity contribution in [2.75, 3.05) is 5.32 Å². The molecule has 0 fully saturated rings. The highest BCUT2D eigenvalue weighted by Crippen LogP contribution is 2.26. The number of anilines is 1. The van der Waals surface area contributed by atoms with Gasteiger partial charge >= 0.3 is 6.03 Å². The summed E-state index contributed by atoms with van der Waals surface area (Å²) in [5, 5.41) is 10.3. The average Bonchev–Trinajstić information content (AvgIpc) is 3.17. The maximum absolute atomic E-state index is 13.9. The van der Waals surface area contributed by atoms with Crippen molar-refractivity contribution in [2.45, 2.75) is 26.4 Å². The van der Waals surface area contributed by atoms with Gasteiger partial charge < -0.3 is 16.0 Å². The van der Waals surface area contributed by atoms with Gasteiger partial charge in [-0.15, -0.1) is 11.3 Å². The fourth-order valence-electron chi connectivity index (χ4n) is 2.54. The van der Waals surface area contributed by atoms with Crippen molar-refractivity contribution >= 4 is 29.0 Å². The van der Waals surface area contributed by atoms with Crippen LogP contribution in [0.1, 0.15) is 29.9 Å². The Morgan fingerprint density at radius 3 is 2.52 bits per heavy atom. The summed E-state index contributed by atoms with van der Waals surface area (Å²) in [5.74, 6) is -0.702. The van der Waals surface area contributed by atoms with Crippen molar-refractivity contribution in [2.24, 2.45) is 0 Å². The number of nitrogens with one attached hydrogen (secondary N) is 3. The van der Waals surface area contributed by atoms with Gasteiger partial charge in [0, 0.05) is 29.2 Å². The zero-order valence-corrected chi connectivity index (χ0v) is 16.8. The molecule has 3 N–H and O–H groups in total. The van der Waals surface area contributed by atoms with E-state index in [0.29, 0.717) is 22.8 Å². The molecule has 0 saturated carbocycles. The molecule has 8 heteroatoms. The molecule has 1 heterocycles. The van der Waals surface area contributed by atoms with Crippen LogP contribution >= 0.6 is 11.3 Å². The van der Waals surface area contributed by atoms with Gasteiger partial charge in [-0.1, -0.05) is 24.3 Å². The summed E-state index contributed by atoms with van der Waals surface area (Å²) in [7, 11) is 0. The molecular weight excluding hydrogens is 391 g/mol. The summed E-state index contributed by atoms with van der Waals surface area (Å²) in [4.78, 5) is 28.3. The standard InChI is InChI=1S/C21H21FN4O2S/c1-13(2)24-21(28)25-15-9-7-14(8-10-15)11-23-19(27)18-12-29-20(26-18)16-5-3-4-6-17(16)22/h3-10,12-13H,11H2,1-2H3,(H,23,27)(H2,24,25,28). The maximum atomic E-state index is 13.9. The highest BCUT2D eigenvalue weighted by molar-refractivity contribution is 7.13. The number of halogens is 1. The molecule has 0 unspecified atom stereocenters. The lowest BCUT2D eigenvalue weighted by atomic mass is 10.2. The third kappa shape index (κ3) is 5.61. The molecule has 0 aliphatic carbocycles. The molecule has 0 radical (unpaired) electrons. The molecule has 3 amide bonds. The number of hydrogen-bond acceptors (Lipinski definition) is 4. The Kier molecular flexibility index (Phi) is 6.56. The zero-order valence-electron chi connectivity index (χ0n) is 16.0. The van der Waals surface area contributed by atoms with Gasteiger partial charge in [0.2, 0.25) is 0 Å². The second-order valence-corrected chi connectivity index (χ2v) is 7.51.